The Bertz CT molecular complexity index is 2420. The number of amides is 2. The quantitative estimate of drug-likeness (QED) is 0.0295. The number of aliphatic carboxylic acids is 1. The summed E-state index contributed by atoms with van der Waals surface area (Å²) in [6.07, 6.45) is 65.1. The van der Waals surface area contributed by atoms with Gasteiger partial charge in [-0.2, -0.15) is 0 Å². The Morgan fingerprint density at radius 1 is 0.482 bits per heavy atom. The first-order chi connectivity index (χ1) is 41.4. The monoisotopic (exact) mass is 1170 g/mol. The Labute approximate surface area is 514 Å². The molecule has 0 bridgehead atoms. The summed E-state index contributed by atoms with van der Waals surface area (Å²) in [6, 6.07) is 11.9. The van der Waals surface area contributed by atoms with Gasteiger partial charge < -0.3 is 25.6 Å². The number of aliphatic hydroxyl groups is 1. The highest BCUT2D eigenvalue weighted by Crippen LogP contribution is 2.25. The minimum atomic E-state index is -0.715. The summed E-state index contributed by atoms with van der Waals surface area (Å²) in [6.45, 7) is 16.4. The molecular formula is C74H110N4O7. The van der Waals surface area contributed by atoms with Crippen molar-refractivity contribution in [3.63, 3.8) is 0 Å². The lowest BCUT2D eigenvalue weighted by molar-refractivity contribution is -0.144. The number of anilines is 2. The van der Waals surface area contributed by atoms with Crippen LogP contribution in [0.5, 0.6) is 0 Å². The second kappa shape index (κ2) is 50.9. The summed E-state index contributed by atoms with van der Waals surface area (Å²) in [5, 5.41) is 23.8. The van der Waals surface area contributed by atoms with E-state index < -0.39 is 5.97 Å². The number of hydrogen-bond acceptors (Lipinski definition) is 8. The smallest absolute Gasteiger partial charge is 0.305 e. The molecule has 0 aromatic heterocycles. The van der Waals surface area contributed by atoms with Gasteiger partial charge in [0.05, 0.1) is 18.7 Å². The summed E-state index contributed by atoms with van der Waals surface area (Å²) in [5.74, 6) is -0.693. The van der Waals surface area contributed by atoms with E-state index in [4.69, 9.17) is 14.9 Å². The van der Waals surface area contributed by atoms with Gasteiger partial charge in [0.2, 0.25) is 11.8 Å². The number of aliphatic hydroxyl groups excluding tert-OH is 1. The third kappa shape index (κ3) is 37.6. The average molecular weight is 1170 g/mol. The summed E-state index contributed by atoms with van der Waals surface area (Å²) in [5.41, 5.74) is 6.22. The van der Waals surface area contributed by atoms with E-state index in [0.29, 0.717) is 13.0 Å². The van der Waals surface area contributed by atoms with Crippen LogP contribution in [0.15, 0.2) is 158 Å². The Balaban J connectivity index is 0.000000481. The molecule has 0 saturated carbocycles. The van der Waals surface area contributed by atoms with Gasteiger partial charge in [-0.1, -0.05) is 185 Å². The van der Waals surface area contributed by atoms with Gasteiger partial charge in [0.1, 0.15) is 0 Å². The van der Waals surface area contributed by atoms with Crippen LogP contribution in [-0.4, -0.2) is 95.2 Å². The number of likely N-dealkylation sites (tertiary alicyclic amines) is 2. The molecule has 2 aliphatic rings. The molecule has 0 spiro atoms. The van der Waals surface area contributed by atoms with Crippen molar-refractivity contribution < 1.29 is 34.1 Å². The summed E-state index contributed by atoms with van der Waals surface area (Å²) in [7, 11) is 0. The van der Waals surface area contributed by atoms with Crippen molar-refractivity contribution >= 4 is 35.1 Å². The van der Waals surface area contributed by atoms with Gasteiger partial charge in [0, 0.05) is 43.9 Å². The van der Waals surface area contributed by atoms with Crippen molar-refractivity contribution in [1.82, 2.24) is 9.80 Å². The normalized spacial score (nSPS) is 16.3. The molecule has 2 aliphatic heterocycles. The first kappa shape index (κ1) is 74.7. The lowest BCUT2D eigenvalue weighted by Crippen LogP contribution is -2.47. The van der Waals surface area contributed by atoms with Crippen LogP contribution >= 0.6 is 0 Å². The lowest BCUT2D eigenvalue weighted by atomic mass is 10.0. The molecule has 2 amide bonds. The first-order valence-electron chi connectivity index (χ1n) is 32.1. The highest BCUT2D eigenvalue weighted by molar-refractivity contribution is 5.97. The molecule has 11 heteroatoms. The number of aryl methyl sites for hydroxylation is 4. The van der Waals surface area contributed by atoms with E-state index in [1.807, 2.05) is 64.1 Å². The number of allylic oxidation sites excluding steroid dienone is 20. The van der Waals surface area contributed by atoms with Gasteiger partial charge in [-0.15, -0.1) is 0 Å². The van der Waals surface area contributed by atoms with Gasteiger partial charge in [-0.25, -0.2) is 0 Å². The van der Waals surface area contributed by atoms with E-state index >= 15 is 0 Å². The number of carboxylic acid groups (broad SMARTS) is 1. The minimum absolute atomic E-state index is 0.0655. The Morgan fingerprint density at radius 3 is 1.18 bits per heavy atom. The predicted molar refractivity (Wildman–Crippen MR) is 359 cm³/mol. The summed E-state index contributed by atoms with van der Waals surface area (Å²) >= 11 is 0. The van der Waals surface area contributed by atoms with Crippen LogP contribution in [0.4, 0.5) is 11.4 Å². The SMILES string of the molecule is CC/C=C\C/C=C\C/C=C\C/C=C\C/C=C\CCCC(=O)O.CC/C=C\C/C=C\C/C=C\C/C=C\C/C=C\CCCC(=O)OCCCN1CCCCC1C(=O)Nc1c(C)cccc1C.Cc1cccc(C)c1NC(=O)C1CCCCN1CCCO. The number of unbranched alkanes of at least 4 members (excludes halogenated alkanes) is 2. The van der Waals surface area contributed by atoms with E-state index in [1.165, 1.54) is 0 Å². The summed E-state index contributed by atoms with van der Waals surface area (Å²) < 4.78 is 5.47. The van der Waals surface area contributed by atoms with Gasteiger partial charge in [-0.05, 0) is 191 Å². The number of carboxylic acids is 1. The predicted octanol–water partition coefficient (Wildman–Crippen LogP) is 17.4. The molecule has 2 aromatic rings. The molecule has 85 heavy (non-hydrogen) atoms. The molecular weight excluding hydrogens is 1060 g/mol. The number of esters is 1. The number of benzene rings is 2. The number of carbonyl (C=O) groups excluding carboxylic acids is 3. The van der Waals surface area contributed by atoms with Crippen molar-refractivity contribution in [1.29, 1.82) is 0 Å². The third-order valence-electron chi connectivity index (χ3n) is 14.6. The maximum atomic E-state index is 13.1. The molecule has 0 aliphatic carbocycles. The number of hydrogen-bond donors (Lipinski definition) is 4. The lowest BCUT2D eigenvalue weighted by Gasteiger charge is -2.34. The minimum Gasteiger partial charge on any atom is -0.481 e. The largest absolute Gasteiger partial charge is 0.481 e. The first-order valence-corrected chi connectivity index (χ1v) is 32.1. The molecule has 2 atom stereocenters. The van der Waals surface area contributed by atoms with Crippen LogP contribution in [-0.2, 0) is 23.9 Å². The summed E-state index contributed by atoms with van der Waals surface area (Å²) in [4.78, 5) is 52.7. The molecule has 2 fully saturated rings. The van der Waals surface area contributed by atoms with E-state index in [2.05, 4.69) is 156 Å². The van der Waals surface area contributed by atoms with Gasteiger partial charge >= 0.3 is 11.9 Å². The van der Waals surface area contributed by atoms with Crippen molar-refractivity contribution in [3.8, 4) is 0 Å². The van der Waals surface area contributed by atoms with E-state index in [9.17, 15) is 19.2 Å². The Hall–Kier alpha value is -6.40. The van der Waals surface area contributed by atoms with Crippen LogP contribution in [0.3, 0.4) is 0 Å². The van der Waals surface area contributed by atoms with Crippen molar-refractivity contribution in [2.45, 2.75) is 208 Å². The molecule has 2 aromatic carbocycles. The van der Waals surface area contributed by atoms with E-state index in [-0.39, 0.29) is 42.9 Å². The standard InChI is InChI=1S/C37H54N2O3.C20H30O2.C17H26N2O2/c1-4-5-6-7-8-9-10-11-12-13-14-15-16-17-18-19-20-28-35(40)42-31-24-30-39-29-22-21-27-34(39)37(41)38-36-32(2)25-23-26-33(36)3;1-2-3-4-5-6-7-8-9-10-11-12-13-14-15-16-17-18-19-20(21)22;1-13-7-5-8-14(2)16(13)18-17(21)15-9-3-4-10-19(15)11-6-12-20/h5-6,8-9,11-12,14-15,17-18,23,25-26,34H,4,7,10,13,16,19-22,24,27-31H2,1-3H3,(H,38,41);3-4,6-7,9-10,12-13,15-16H,2,5,8,11,14,17-19H2,1H3,(H,21,22);5,7-8,15,20H,3-4,6,9-12H2,1-2H3,(H,18,21)/b6-5-,9-8-,12-11-,15-14-,18-17-;4-3-,7-6-,10-9-,13-12-,16-15-;. The molecule has 2 heterocycles. The number of para-hydroxylation sites is 2. The molecule has 11 nitrogen and oxygen atoms in total. The fourth-order valence-electron chi connectivity index (χ4n) is 9.82. The molecule has 0 radical (unpaired) electrons. The van der Waals surface area contributed by atoms with Crippen LogP contribution in [0, 0.1) is 27.7 Å². The number of rotatable bonds is 37. The Kier molecular flexibility index (Phi) is 44.7. The second-order valence-corrected chi connectivity index (χ2v) is 21.9. The molecule has 2 saturated heterocycles. The maximum absolute atomic E-state index is 13.1. The molecule has 2 unspecified atom stereocenters. The topological polar surface area (TPSA) is 149 Å². The molecule has 468 valence electrons. The van der Waals surface area contributed by atoms with Crippen molar-refractivity contribution in [3.05, 3.63) is 180 Å². The fraction of sp³-hybridized carbons (Fsp3) is 0.514. The van der Waals surface area contributed by atoms with Crippen LogP contribution < -0.4 is 10.6 Å². The van der Waals surface area contributed by atoms with E-state index in [1.54, 1.807) is 0 Å². The highest BCUT2D eigenvalue weighted by Gasteiger charge is 2.30. The van der Waals surface area contributed by atoms with Crippen LogP contribution in [0.1, 0.15) is 190 Å². The zero-order chi connectivity index (χ0) is 61.8. The number of carbonyl (C=O) groups is 4. The van der Waals surface area contributed by atoms with Crippen molar-refractivity contribution in [2.75, 3.05) is 50.0 Å². The van der Waals surface area contributed by atoms with Gasteiger partial charge in [0.25, 0.3) is 0 Å². The number of nitrogens with one attached hydrogen (secondary N) is 2. The fourth-order valence-corrected chi connectivity index (χ4v) is 9.82. The average Bonchev–Trinajstić information content (AvgIpc) is 3.65. The maximum Gasteiger partial charge on any atom is 0.305 e. The zero-order valence-electron chi connectivity index (χ0n) is 53.2. The molecule has 4 N–H and O–H groups in total. The second-order valence-electron chi connectivity index (χ2n) is 21.9. The third-order valence-corrected chi connectivity index (χ3v) is 14.6. The van der Waals surface area contributed by atoms with Crippen LogP contribution in [0.25, 0.3) is 0 Å². The van der Waals surface area contributed by atoms with E-state index in [0.717, 1.165) is 201 Å². The number of piperidine rings is 2. The van der Waals surface area contributed by atoms with Crippen LogP contribution in [0.2, 0.25) is 0 Å². The number of ether oxygens (including phenoxy) is 1. The zero-order valence-corrected chi connectivity index (χ0v) is 53.2. The number of nitrogens with zero attached hydrogens (tertiary/aromatic N) is 2. The van der Waals surface area contributed by atoms with Gasteiger partial charge in [-0.3, -0.25) is 29.0 Å². The highest BCUT2D eigenvalue weighted by atomic mass is 16.5. The molecule has 4 rings (SSSR count). The Morgan fingerprint density at radius 2 is 0.824 bits per heavy atom. The van der Waals surface area contributed by atoms with Crippen molar-refractivity contribution in [2.24, 2.45) is 0 Å². The van der Waals surface area contributed by atoms with Gasteiger partial charge in [0.15, 0.2) is 0 Å².